The monoisotopic (exact) mass is 404 g/mol. The van der Waals surface area contributed by atoms with E-state index in [4.69, 9.17) is 18.9 Å². The molecule has 158 valence electrons. The van der Waals surface area contributed by atoms with E-state index in [1.807, 2.05) is 39.0 Å². The van der Waals surface area contributed by atoms with Crippen LogP contribution in [0.5, 0.6) is 17.2 Å². The molecule has 0 unspecified atom stereocenters. The molecule has 0 bridgehead atoms. The Hall–Kier alpha value is -2.76. The summed E-state index contributed by atoms with van der Waals surface area (Å²) >= 11 is 0. The zero-order chi connectivity index (χ0) is 21.4. The Kier molecular flexibility index (Phi) is 7.88. The molecule has 0 fully saturated rings. The molecule has 0 amide bonds. The summed E-state index contributed by atoms with van der Waals surface area (Å²) in [7, 11) is 3.01. The number of hydrogen-bond acceptors (Lipinski definition) is 5. The molecule has 0 N–H and O–H groups in total. The molecule has 0 heterocycles. The number of carbonyl (C=O) groups excluding carboxylic acids is 1. The molecule has 5 nitrogen and oxygen atoms in total. The van der Waals surface area contributed by atoms with Gasteiger partial charge < -0.3 is 18.9 Å². The van der Waals surface area contributed by atoms with Crippen LogP contribution in [0.1, 0.15) is 38.3 Å². The van der Waals surface area contributed by atoms with Crippen molar-refractivity contribution in [1.29, 1.82) is 0 Å². The standard InChI is InChI=1S/C23H29FO5/c1-23(2,3)29-22(25)15-28-18-11-7-9-16(12-18)8-6-10-17-13-20(26-4)21(27-5)14-19(17)24/h7,9,11-14H,6,8,10,15H2,1-5H3. The van der Waals surface area contributed by atoms with Crippen LogP contribution in [0.25, 0.3) is 0 Å². The Bertz CT molecular complexity index is 827. The van der Waals surface area contributed by atoms with Gasteiger partial charge in [-0.1, -0.05) is 12.1 Å². The summed E-state index contributed by atoms with van der Waals surface area (Å²) in [6, 6.07) is 10.5. The number of benzene rings is 2. The van der Waals surface area contributed by atoms with Crippen LogP contribution in [0.2, 0.25) is 0 Å². The number of esters is 1. The first kappa shape index (κ1) is 22.5. The van der Waals surface area contributed by atoms with Crippen LogP contribution in [0.4, 0.5) is 4.39 Å². The summed E-state index contributed by atoms with van der Waals surface area (Å²) in [5, 5.41) is 0. The molecule has 2 aromatic carbocycles. The van der Waals surface area contributed by atoms with Gasteiger partial charge in [-0.05, 0) is 69.4 Å². The molecule has 6 heteroatoms. The molecule has 0 aliphatic heterocycles. The minimum Gasteiger partial charge on any atom is -0.493 e. The Morgan fingerprint density at radius 2 is 1.69 bits per heavy atom. The van der Waals surface area contributed by atoms with Gasteiger partial charge in [-0.25, -0.2) is 9.18 Å². The summed E-state index contributed by atoms with van der Waals surface area (Å²) in [6.07, 6.45) is 2.06. The summed E-state index contributed by atoms with van der Waals surface area (Å²) < 4.78 is 35.4. The summed E-state index contributed by atoms with van der Waals surface area (Å²) in [5.74, 6) is 0.777. The third kappa shape index (κ3) is 7.29. The number of halogens is 1. The Morgan fingerprint density at radius 3 is 2.34 bits per heavy atom. The molecule has 0 saturated heterocycles. The van der Waals surface area contributed by atoms with Gasteiger partial charge in [0.05, 0.1) is 14.2 Å². The van der Waals surface area contributed by atoms with Gasteiger partial charge in [-0.15, -0.1) is 0 Å². The predicted octanol–water partition coefficient (Wildman–Crippen LogP) is 4.74. The molecule has 0 aliphatic carbocycles. The lowest BCUT2D eigenvalue weighted by Gasteiger charge is -2.19. The molecule has 2 aromatic rings. The fraction of sp³-hybridized carbons (Fsp3) is 0.435. The molecule has 0 atom stereocenters. The first-order valence-corrected chi connectivity index (χ1v) is 9.56. The van der Waals surface area contributed by atoms with Crippen molar-refractivity contribution in [2.45, 2.75) is 45.6 Å². The number of methoxy groups -OCH3 is 2. The zero-order valence-corrected chi connectivity index (χ0v) is 17.7. The highest BCUT2D eigenvalue weighted by atomic mass is 19.1. The second-order valence-corrected chi connectivity index (χ2v) is 7.67. The van der Waals surface area contributed by atoms with Gasteiger partial charge in [0.15, 0.2) is 18.1 Å². The van der Waals surface area contributed by atoms with Gasteiger partial charge in [0.1, 0.15) is 17.2 Å². The van der Waals surface area contributed by atoms with Crippen LogP contribution in [-0.2, 0) is 22.4 Å². The summed E-state index contributed by atoms with van der Waals surface area (Å²) in [4.78, 5) is 11.8. The minimum atomic E-state index is -0.540. The van der Waals surface area contributed by atoms with Crippen LogP contribution in [0.3, 0.4) is 0 Å². The third-order valence-electron chi connectivity index (χ3n) is 4.14. The van der Waals surface area contributed by atoms with E-state index in [1.54, 1.807) is 12.1 Å². The lowest BCUT2D eigenvalue weighted by molar-refractivity contribution is -0.157. The van der Waals surface area contributed by atoms with Crippen LogP contribution in [0, 0.1) is 5.82 Å². The molecule has 0 aliphatic rings. The van der Waals surface area contributed by atoms with Crippen LogP contribution < -0.4 is 14.2 Å². The first-order valence-electron chi connectivity index (χ1n) is 9.56. The Balaban J connectivity index is 1.90. The highest BCUT2D eigenvalue weighted by Crippen LogP contribution is 2.30. The van der Waals surface area contributed by atoms with Crippen molar-refractivity contribution in [1.82, 2.24) is 0 Å². The smallest absolute Gasteiger partial charge is 0.344 e. The van der Waals surface area contributed by atoms with E-state index in [-0.39, 0.29) is 12.4 Å². The number of rotatable bonds is 9. The fourth-order valence-electron chi connectivity index (χ4n) is 2.87. The van der Waals surface area contributed by atoms with E-state index in [1.165, 1.54) is 20.3 Å². The van der Waals surface area contributed by atoms with Crippen molar-refractivity contribution in [3.8, 4) is 17.2 Å². The normalized spacial score (nSPS) is 11.1. The molecule has 0 aromatic heterocycles. The van der Waals surface area contributed by atoms with Crippen molar-refractivity contribution in [3.05, 3.63) is 53.3 Å². The number of carbonyl (C=O) groups is 1. The van der Waals surface area contributed by atoms with Crippen molar-refractivity contribution in [2.24, 2.45) is 0 Å². The molecular formula is C23H29FO5. The minimum absolute atomic E-state index is 0.141. The van der Waals surface area contributed by atoms with Crippen LogP contribution in [0.15, 0.2) is 36.4 Å². The lowest BCUT2D eigenvalue weighted by atomic mass is 10.0. The molecule has 0 radical (unpaired) electrons. The topological polar surface area (TPSA) is 54.0 Å². The first-order chi connectivity index (χ1) is 13.7. The molecule has 29 heavy (non-hydrogen) atoms. The van der Waals surface area contributed by atoms with E-state index in [0.29, 0.717) is 29.2 Å². The van der Waals surface area contributed by atoms with Gasteiger partial charge in [0.2, 0.25) is 0 Å². The van der Waals surface area contributed by atoms with Crippen molar-refractivity contribution < 1.29 is 28.1 Å². The van der Waals surface area contributed by atoms with Gasteiger partial charge in [-0.2, -0.15) is 0 Å². The van der Waals surface area contributed by atoms with E-state index in [0.717, 1.165) is 18.4 Å². The third-order valence-corrected chi connectivity index (χ3v) is 4.14. The Labute approximate surface area is 171 Å². The van der Waals surface area contributed by atoms with Gasteiger partial charge >= 0.3 is 5.97 Å². The highest BCUT2D eigenvalue weighted by Gasteiger charge is 2.16. The largest absolute Gasteiger partial charge is 0.493 e. The maximum Gasteiger partial charge on any atom is 0.344 e. The van der Waals surface area contributed by atoms with Gasteiger partial charge in [0, 0.05) is 6.07 Å². The highest BCUT2D eigenvalue weighted by molar-refractivity contribution is 5.71. The van der Waals surface area contributed by atoms with Crippen molar-refractivity contribution >= 4 is 5.97 Å². The van der Waals surface area contributed by atoms with Gasteiger partial charge in [0.25, 0.3) is 0 Å². The molecule has 0 spiro atoms. The van der Waals surface area contributed by atoms with Crippen LogP contribution >= 0.6 is 0 Å². The number of hydrogen-bond donors (Lipinski definition) is 0. The number of aryl methyl sites for hydroxylation is 2. The van der Waals surface area contributed by atoms with Crippen molar-refractivity contribution in [2.75, 3.05) is 20.8 Å². The molecule has 0 saturated carbocycles. The van der Waals surface area contributed by atoms with E-state index in [9.17, 15) is 9.18 Å². The molecular weight excluding hydrogens is 375 g/mol. The van der Waals surface area contributed by atoms with Crippen molar-refractivity contribution in [3.63, 3.8) is 0 Å². The maximum absolute atomic E-state index is 14.2. The zero-order valence-electron chi connectivity index (χ0n) is 17.7. The van der Waals surface area contributed by atoms with E-state index < -0.39 is 11.6 Å². The second-order valence-electron chi connectivity index (χ2n) is 7.67. The van der Waals surface area contributed by atoms with E-state index in [2.05, 4.69) is 0 Å². The summed E-state index contributed by atoms with van der Waals surface area (Å²) in [5.41, 5.74) is 1.09. The van der Waals surface area contributed by atoms with E-state index >= 15 is 0 Å². The lowest BCUT2D eigenvalue weighted by Crippen LogP contribution is -2.27. The SMILES string of the molecule is COc1cc(F)c(CCCc2cccc(OCC(=O)OC(C)(C)C)c2)cc1OC. The maximum atomic E-state index is 14.2. The predicted molar refractivity (Wildman–Crippen MR) is 109 cm³/mol. The average Bonchev–Trinajstić information content (AvgIpc) is 2.66. The van der Waals surface area contributed by atoms with Gasteiger partial charge in [-0.3, -0.25) is 0 Å². The average molecular weight is 404 g/mol. The van der Waals surface area contributed by atoms with Crippen LogP contribution in [-0.4, -0.2) is 32.4 Å². The fourth-order valence-corrected chi connectivity index (χ4v) is 2.87. The second kappa shape index (κ2) is 10.1. The quantitative estimate of drug-likeness (QED) is 0.565. The molecule has 2 rings (SSSR count). The number of ether oxygens (including phenoxy) is 4. The summed E-state index contributed by atoms with van der Waals surface area (Å²) in [6.45, 7) is 5.30. The Morgan fingerprint density at radius 1 is 1.00 bits per heavy atom.